The Balaban J connectivity index is 2.50. The maximum absolute atomic E-state index is 5.49. The van der Waals surface area contributed by atoms with Crippen molar-refractivity contribution < 1.29 is 4.74 Å². The Morgan fingerprint density at radius 1 is 1.44 bits per heavy atom. The fourth-order valence-corrected chi connectivity index (χ4v) is 3.61. The standard InChI is InChI=1S/C13H18BrNO/c1-8-6-11(14)12(9(2)13(8)16-3)10-4-5-15-7-10/h6,10,15H,4-5,7H2,1-3H3. The van der Waals surface area contributed by atoms with Crippen molar-refractivity contribution >= 4 is 15.9 Å². The second-order valence-corrected chi connectivity index (χ2v) is 5.29. The molecule has 88 valence electrons. The molecule has 0 aliphatic carbocycles. The van der Waals surface area contributed by atoms with Crippen LogP contribution in [0.3, 0.4) is 0 Å². The van der Waals surface area contributed by atoms with E-state index in [1.165, 1.54) is 27.6 Å². The summed E-state index contributed by atoms with van der Waals surface area (Å²) in [4.78, 5) is 0. The first-order chi connectivity index (χ1) is 7.65. The van der Waals surface area contributed by atoms with Gasteiger partial charge in [0.1, 0.15) is 5.75 Å². The topological polar surface area (TPSA) is 21.3 Å². The van der Waals surface area contributed by atoms with Gasteiger partial charge in [-0.15, -0.1) is 0 Å². The monoisotopic (exact) mass is 283 g/mol. The first-order valence-electron chi connectivity index (χ1n) is 5.69. The van der Waals surface area contributed by atoms with E-state index in [1.54, 1.807) is 7.11 Å². The molecule has 1 aromatic rings. The highest BCUT2D eigenvalue weighted by Crippen LogP contribution is 2.38. The van der Waals surface area contributed by atoms with Crippen LogP contribution in [0.2, 0.25) is 0 Å². The fraction of sp³-hybridized carbons (Fsp3) is 0.538. The summed E-state index contributed by atoms with van der Waals surface area (Å²) in [5, 5.41) is 3.42. The van der Waals surface area contributed by atoms with Gasteiger partial charge >= 0.3 is 0 Å². The lowest BCUT2D eigenvalue weighted by Gasteiger charge is -2.19. The average Bonchev–Trinajstić information content (AvgIpc) is 2.70. The number of ether oxygens (including phenoxy) is 1. The molecule has 0 spiro atoms. The van der Waals surface area contributed by atoms with Gasteiger partial charge in [-0.3, -0.25) is 0 Å². The van der Waals surface area contributed by atoms with Gasteiger partial charge in [-0.2, -0.15) is 0 Å². The number of nitrogens with one attached hydrogen (secondary N) is 1. The van der Waals surface area contributed by atoms with E-state index in [9.17, 15) is 0 Å². The van der Waals surface area contributed by atoms with Crippen molar-refractivity contribution in [3.63, 3.8) is 0 Å². The van der Waals surface area contributed by atoms with E-state index in [4.69, 9.17) is 4.74 Å². The van der Waals surface area contributed by atoms with Crippen LogP contribution >= 0.6 is 15.9 Å². The molecule has 1 N–H and O–H groups in total. The maximum Gasteiger partial charge on any atom is 0.125 e. The Kier molecular flexibility index (Phi) is 3.55. The van der Waals surface area contributed by atoms with E-state index in [2.05, 4.69) is 41.2 Å². The summed E-state index contributed by atoms with van der Waals surface area (Å²) >= 11 is 3.69. The molecule has 0 aromatic heterocycles. The Morgan fingerprint density at radius 3 is 2.75 bits per heavy atom. The number of methoxy groups -OCH3 is 1. The quantitative estimate of drug-likeness (QED) is 0.900. The second-order valence-electron chi connectivity index (χ2n) is 4.44. The third-order valence-corrected chi connectivity index (χ3v) is 4.03. The minimum atomic E-state index is 0.615. The van der Waals surface area contributed by atoms with Crippen molar-refractivity contribution in [2.45, 2.75) is 26.2 Å². The normalized spacial score (nSPS) is 20.1. The van der Waals surface area contributed by atoms with E-state index in [0.717, 1.165) is 18.8 Å². The van der Waals surface area contributed by atoms with E-state index >= 15 is 0 Å². The van der Waals surface area contributed by atoms with Crippen LogP contribution in [0.5, 0.6) is 5.75 Å². The molecule has 1 unspecified atom stereocenters. The molecule has 0 radical (unpaired) electrons. The van der Waals surface area contributed by atoms with Crippen molar-refractivity contribution in [3.8, 4) is 5.75 Å². The van der Waals surface area contributed by atoms with Crippen molar-refractivity contribution in [1.82, 2.24) is 5.32 Å². The van der Waals surface area contributed by atoms with Gasteiger partial charge in [0.05, 0.1) is 7.11 Å². The summed E-state index contributed by atoms with van der Waals surface area (Å²) in [5.74, 6) is 1.65. The van der Waals surface area contributed by atoms with Crippen LogP contribution < -0.4 is 10.1 Å². The summed E-state index contributed by atoms with van der Waals surface area (Å²) in [6.07, 6.45) is 1.21. The third kappa shape index (κ3) is 1.98. The summed E-state index contributed by atoms with van der Waals surface area (Å²) in [6.45, 7) is 6.44. The summed E-state index contributed by atoms with van der Waals surface area (Å²) < 4.78 is 6.71. The molecule has 1 heterocycles. The Labute approximate surface area is 106 Å². The Morgan fingerprint density at radius 2 is 2.19 bits per heavy atom. The van der Waals surface area contributed by atoms with Gasteiger partial charge in [-0.25, -0.2) is 0 Å². The molecule has 2 rings (SSSR count). The van der Waals surface area contributed by atoms with Gasteiger partial charge in [-0.05, 0) is 55.5 Å². The van der Waals surface area contributed by atoms with Gasteiger partial charge in [0.15, 0.2) is 0 Å². The Bertz CT molecular complexity index is 397. The minimum Gasteiger partial charge on any atom is -0.496 e. The van der Waals surface area contributed by atoms with E-state index < -0.39 is 0 Å². The summed E-state index contributed by atoms with van der Waals surface area (Å²) in [6, 6.07) is 2.17. The SMILES string of the molecule is COc1c(C)cc(Br)c(C2CCNC2)c1C. The lowest BCUT2D eigenvalue weighted by Crippen LogP contribution is -2.10. The van der Waals surface area contributed by atoms with Crippen LogP contribution in [-0.4, -0.2) is 20.2 Å². The molecule has 3 heteroatoms. The van der Waals surface area contributed by atoms with Crippen LogP contribution in [0.25, 0.3) is 0 Å². The molecule has 0 bridgehead atoms. The minimum absolute atomic E-state index is 0.615. The smallest absolute Gasteiger partial charge is 0.125 e. The number of benzene rings is 1. The van der Waals surface area contributed by atoms with Crippen molar-refractivity contribution in [2.24, 2.45) is 0 Å². The largest absolute Gasteiger partial charge is 0.496 e. The summed E-state index contributed by atoms with van der Waals surface area (Å²) in [5.41, 5.74) is 3.89. The molecule has 1 aromatic carbocycles. The zero-order valence-electron chi connectivity index (χ0n) is 10.1. The van der Waals surface area contributed by atoms with Crippen LogP contribution in [0.4, 0.5) is 0 Å². The number of hydrogen-bond donors (Lipinski definition) is 1. The third-order valence-electron chi connectivity index (χ3n) is 3.38. The van der Waals surface area contributed by atoms with Crippen LogP contribution in [-0.2, 0) is 0 Å². The zero-order chi connectivity index (χ0) is 11.7. The summed E-state index contributed by atoms with van der Waals surface area (Å²) in [7, 11) is 1.75. The van der Waals surface area contributed by atoms with Gasteiger partial charge in [0, 0.05) is 11.0 Å². The zero-order valence-corrected chi connectivity index (χ0v) is 11.6. The van der Waals surface area contributed by atoms with Crippen molar-refractivity contribution in [2.75, 3.05) is 20.2 Å². The first kappa shape index (κ1) is 11.9. The van der Waals surface area contributed by atoms with Crippen molar-refractivity contribution in [3.05, 3.63) is 27.2 Å². The molecule has 2 nitrogen and oxygen atoms in total. The number of aryl methyl sites for hydroxylation is 1. The molecule has 1 saturated heterocycles. The highest BCUT2D eigenvalue weighted by Gasteiger charge is 2.23. The molecule has 16 heavy (non-hydrogen) atoms. The van der Waals surface area contributed by atoms with Gasteiger partial charge in [0.25, 0.3) is 0 Å². The van der Waals surface area contributed by atoms with Crippen LogP contribution in [0.15, 0.2) is 10.5 Å². The second kappa shape index (κ2) is 4.76. The molecule has 1 aliphatic rings. The van der Waals surface area contributed by atoms with Gasteiger partial charge in [0.2, 0.25) is 0 Å². The lowest BCUT2D eigenvalue weighted by atomic mass is 9.92. The van der Waals surface area contributed by atoms with E-state index in [0.29, 0.717) is 5.92 Å². The van der Waals surface area contributed by atoms with E-state index in [-0.39, 0.29) is 0 Å². The van der Waals surface area contributed by atoms with Gasteiger partial charge in [-0.1, -0.05) is 15.9 Å². The number of rotatable bonds is 2. The molecule has 1 aliphatic heterocycles. The first-order valence-corrected chi connectivity index (χ1v) is 6.48. The Hall–Kier alpha value is -0.540. The fourth-order valence-electron chi connectivity index (χ4n) is 2.65. The van der Waals surface area contributed by atoms with Crippen LogP contribution in [0, 0.1) is 13.8 Å². The van der Waals surface area contributed by atoms with Gasteiger partial charge < -0.3 is 10.1 Å². The maximum atomic E-state index is 5.49. The predicted octanol–water partition coefficient (Wildman–Crippen LogP) is 3.15. The molecule has 1 fully saturated rings. The lowest BCUT2D eigenvalue weighted by molar-refractivity contribution is 0.407. The van der Waals surface area contributed by atoms with Crippen LogP contribution in [0.1, 0.15) is 29.0 Å². The predicted molar refractivity (Wildman–Crippen MR) is 70.4 cm³/mol. The highest BCUT2D eigenvalue weighted by molar-refractivity contribution is 9.10. The van der Waals surface area contributed by atoms with E-state index in [1.807, 2.05) is 0 Å². The van der Waals surface area contributed by atoms with Crippen molar-refractivity contribution in [1.29, 1.82) is 0 Å². The number of halogens is 1. The molecule has 1 atom stereocenters. The number of hydrogen-bond acceptors (Lipinski definition) is 2. The average molecular weight is 284 g/mol. The molecular weight excluding hydrogens is 266 g/mol. The molecular formula is C13H18BrNO. The molecule has 0 saturated carbocycles. The highest BCUT2D eigenvalue weighted by atomic mass is 79.9. The molecule has 0 amide bonds.